The lowest BCUT2D eigenvalue weighted by atomic mass is 10.3. The standard InChI is InChI=1S/C11H13N3S/c1-7(2)6-15-11-13-9-4-3-8(12)5-10(9)14-11/h3-5H,1,6,12H2,2H3,(H,13,14). The van der Waals surface area contributed by atoms with E-state index in [1.54, 1.807) is 11.8 Å². The van der Waals surface area contributed by atoms with E-state index in [9.17, 15) is 0 Å². The molecule has 2 aromatic rings. The quantitative estimate of drug-likeness (QED) is 0.474. The number of imidazole rings is 1. The molecule has 1 heterocycles. The molecule has 0 amide bonds. The molecule has 3 N–H and O–H groups in total. The highest BCUT2D eigenvalue weighted by Crippen LogP contribution is 2.22. The average molecular weight is 219 g/mol. The third-order valence-corrected chi connectivity index (χ3v) is 3.04. The molecule has 0 atom stereocenters. The maximum atomic E-state index is 5.69. The molecule has 2 rings (SSSR count). The number of nitrogens with zero attached hydrogens (tertiary/aromatic N) is 1. The van der Waals surface area contributed by atoms with E-state index in [1.807, 2.05) is 25.1 Å². The van der Waals surface area contributed by atoms with Crippen LogP contribution in [0.25, 0.3) is 11.0 Å². The summed E-state index contributed by atoms with van der Waals surface area (Å²) in [5, 5.41) is 0.915. The summed E-state index contributed by atoms with van der Waals surface area (Å²) in [5.41, 5.74) is 9.52. The van der Waals surface area contributed by atoms with Crippen molar-refractivity contribution in [1.82, 2.24) is 9.97 Å². The molecule has 0 saturated carbocycles. The Morgan fingerprint density at radius 3 is 3.13 bits per heavy atom. The van der Waals surface area contributed by atoms with Gasteiger partial charge in [-0.1, -0.05) is 23.9 Å². The maximum Gasteiger partial charge on any atom is 0.166 e. The Morgan fingerprint density at radius 1 is 1.60 bits per heavy atom. The van der Waals surface area contributed by atoms with Gasteiger partial charge in [-0.2, -0.15) is 0 Å². The van der Waals surface area contributed by atoms with Gasteiger partial charge in [-0.25, -0.2) is 4.98 Å². The van der Waals surface area contributed by atoms with Crippen LogP contribution in [0.4, 0.5) is 5.69 Å². The Balaban J connectivity index is 2.27. The van der Waals surface area contributed by atoms with Gasteiger partial charge in [-0.05, 0) is 25.1 Å². The zero-order chi connectivity index (χ0) is 10.8. The van der Waals surface area contributed by atoms with Gasteiger partial charge in [0.25, 0.3) is 0 Å². The predicted octanol–water partition coefficient (Wildman–Crippen LogP) is 2.81. The molecule has 0 aliphatic heterocycles. The first-order chi connectivity index (χ1) is 7.15. The first-order valence-corrected chi connectivity index (χ1v) is 5.66. The first kappa shape index (κ1) is 10.1. The molecule has 15 heavy (non-hydrogen) atoms. The highest BCUT2D eigenvalue weighted by Gasteiger charge is 2.03. The van der Waals surface area contributed by atoms with Crippen LogP contribution in [0.3, 0.4) is 0 Å². The summed E-state index contributed by atoms with van der Waals surface area (Å²) < 4.78 is 0. The first-order valence-electron chi connectivity index (χ1n) is 4.67. The number of aromatic nitrogens is 2. The van der Waals surface area contributed by atoms with Crippen LogP contribution in [0.2, 0.25) is 0 Å². The van der Waals surface area contributed by atoms with Crippen LogP contribution in [0, 0.1) is 0 Å². The molecule has 0 unspecified atom stereocenters. The van der Waals surface area contributed by atoms with E-state index < -0.39 is 0 Å². The van der Waals surface area contributed by atoms with Crippen molar-refractivity contribution in [2.24, 2.45) is 0 Å². The lowest BCUT2D eigenvalue weighted by molar-refractivity contribution is 1.08. The van der Waals surface area contributed by atoms with E-state index >= 15 is 0 Å². The number of thioether (sulfide) groups is 1. The number of hydrogen-bond donors (Lipinski definition) is 2. The number of nitrogens with two attached hydrogens (primary N) is 1. The number of hydrogen-bond acceptors (Lipinski definition) is 3. The molecule has 4 heteroatoms. The maximum absolute atomic E-state index is 5.69. The Labute approximate surface area is 92.8 Å². The van der Waals surface area contributed by atoms with Gasteiger partial charge >= 0.3 is 0 Å². The van der Waals surface area contributed by atoms with Crippen molar-refractivity contribution in [2.45, 2.75) is 12.1 Å². The van der Waals surface area contributed by atoms with Crippen LogP contribution in [0.5, 0.6) is 0 Å². The Morgan fingerprint density at radius 2 is 2.40 bits per heavy atom. The topological polar surface area (TPSA) is 54.7 Å². The van der Waals surface area contributed by atoms with Gasteiger partial charge in [-0.15, -0.1) is 0 Å². The van der Waals surface area contributed by atoms with Crippen molar-refractivity contribution < 1.29 is 0 Å². The Hall–Kier alpha value is -1.42. The SMILES string of the molecule is C=C(C)CSc1nc2ccc(N)cc2[nH]1. The molecule has 0 aliphatic carbocycles. The molecule has 0 fully saturated rings. The largest absolute Gasteiger partial charge is 0.399 e. The molecule has 0 aliphatic rings. The summed E-state index contributed by atoms with van der Waals surface area (Å²) >= 11 is 1.65. The smallest absolute Gasteiger partial charge is 0.166 e. The van der Waals surface area contributed by atoms with Gasteiger partial charge in [0.05, 0.1) is 11.0 Å². The number of fused-ring (bicyclic) bond motifs is 1. The van der Waals surface area contributed by atoms with E-state index in [0.29, 0.717) is 0 Å². The van der Waals surface area contributed by atoms with Crippen LogP contribution >= 0.6 is 11.8 Å². The van der Waals surface area contributed by atoms with Crippen molar-refractivity contribution >= 4 is 28.5 Å². The fourth-order valence-electron chi connectivity index (χ4n) is 1.26. The van der Waals surface area contributed by atoms with Crippen molar-refractivity contribution in [3.8, 4) is 0 Å². The normalized spacial score (nSPS) is 10.7. The second-order valence-corrected chi connectivity index (χ2v) is 4.53. The Kier molecular flexibility index (Phi) is 2.68. The van der Waals surface area contributed by atoms with Crippen molar-refractivity contribution in [3.05, 3.63) is 30.4 Å². The van der Waals surface area contributed by atoms with Gasteiger partial charge < -0.3 is 10.7 Å². The van der Waals surface area contributed by atoms with Crippen molar-refractivity contribution in [2.75, 3.05) is 11.5 Å². The van der Waals surface area contributed by atoms with E-state index in [4.69, 9.17) is 5.73 Å². The van der Waals surface area contributed by atoms with Crippen molar-refractivity contribution in [3.63, 3.8) is 0 Å². The molecular formula is C11H13N3S. The molecule has 0 spiro atoms. The third kappa shape index (κ3) is 2.33. The summed E-state index contributed by atoms with van der Waals surface area (Å²) in [4.78, 5) is 7.66. The minimum absolute atomic E-state index is 0.752. The molecule has 3 nitrogen and oxygen atoms in total. The van der Waals surface area contributed by atoms with Crippen molar-refractivity contribution in [1.29, 1.82) is 0 Å². The van der Waals surface area contributed by atoms with Crippen LogP contribution < -0.4 is 5.73 Å². The Bertz CT molecular complexity index is 502. The number of nitrogens with one attached hydrogen (secondary N) is 1. The van der Waals surface area contributed by atoms with Gasteiger partial charge in [0.15, 0.2) is 5.16 Å². The average Bonchev–Trinajstić information content (AvgIpc) is 2.56. The predicted molar refractivity (Wildman–Crippen MR) is 66.0 cm³/mol. The summed E-state index contributed by atoms with van der Waals surface area (Å²) in [6.45, 7) is 5.86. The lowest BCUT2D eigenvalue weighted by Gasteiger charge is -1.94. The fraction of sp³-hybridized carbons (Fsp3) is 0.182. The lowest BCUT2D eigenvalue weighted by Crippen LogP contribution is -1.82. The van der Waals surface area contributed by atoms with Gasteiger partial charge in [0, 0.05) is 11.4 Å². The summed E-state index contributed by atoms with van der Waals surface area (Å²) in [6, 6.07) is 5.68. The monoisotopic (exact) mass is 219 g/mol. The zero-order valence-electron chi connectivity index (χ0n) is 8.58. The number of aromatic amines is 1. The summed E-state index contributed by atoms with van der Waals surface area (Å²) in [6.07, 6.45) is 0. The molecule has 78 valence electrons. The summed E-state index contributed by atoms with van der Waals surface area (Å²) in [7, 11) is 0. The van der Waals surface area contributed by atoms with Crippen LogP contribution in [0.15, 0.2) is 35.5 Å². The fourth-order valence-corrected chi connectivity index (χ4v) is 1.99. The molecule has 0 bridgehead atoms. The van der Waals surface area contributed by atoms with Gasteiger partial charge in [0.2, 0.25) is 0 Å². The number of benzene rings is 1. The molecular weight excluding hydrogens is 206 g/mol. The number of H-pyrrole nitrogens is 1. The van der Waals surface area contributed by atoms with E-state index in [2.05, 4.69) is 16.5 Å². The van der Waals surface area contributed by atoms with E-state index in [1.165, 1.54) is 0 Å². The second-order valence-electron chi connectivity index (χ2n) is 3.56. The minimum atomic E-state index is 0.752. The summed E-state index contributed by atoms with van der Waals surface area (Å²) in [5.74, 6) is 0.884. The van der Waals surface area contributed by atoms with Gasteiger partial charge in [0.1, 0.15) is 0 Å². The third-order valence-electron chi connectivity index (χ3n) is 1.94. The highest BCUT2D eigenvalue weighted by molar-refractivity contribution is 7.99. The number of rotatable bonds is 3. The van der Waals surface area contributed by atoms with Crippen LogP contribution in [-0.2, 0) is 0 Å². The number of anilines is 1. The molecule has 0 saturated heterocycles. The van der Waals surface area contributed by atoms with Gasteiger partial charge in [-0.3, -0.25) is 0 Å². The molecule has 0 radical (unpaired) electrons. The van der Waals surface area contributed by atoms with E-state index in [-0.39, 0.29) is 0 Å². The molecule has 1 aromatic heterocycles. The minimum Gasteiger partial charge on any atom is -0.399 e. The van der Waals surface area contributed by atoms with Crippen LogP contribution in [0.1, 0.15) is 6.92 Å². The number of nitrogen functional groups attached to an aromatic ring is 1. The van der Waals surface area contributed by atoms with Crippen LogP contribution in [-0.4, -0.2) is 15.7 Å². The molecule has 1 aromatic carbocycles. The zero-order valence-corrected chi connectivity index (χ0v) is 9.40. The second kappa shape index (κ2) is 3.98. The highest BCUT2D eigenvalue weighted by atomic mass is 32.2. The van der Waals surface area contributed by atoms with E-state index in [0.717, 1.165) is 33.2 Å².